The highest BCUT2D eigenvalue weighted by molar-refractivity contribution is 5.75. The minimum absolute atomic E-state index is 0.0311. The van der Waals surface area contributed by atoms with E-state index in [9.17, 15) is 8.78 Å². The number of aromatic nitrogens is 2. The Labute approximate surface area is 176 Å². The number of anilines is 2. The van der Waals surface area contributed by atoms with Crippen LogP contribution in [-0.2, 0) is 18.4 Å². The summed E-state index contributed by atoms with van der Waals surface area (Å²) in [6.45, 7) is 5.30. The zero-order chi connectivity index (χ0) is 20.7. The van der Waals surface area contributed by atoms with E-state index in [0.29, 0.717) is 12.5 Å². The summed E-state index contributed by atoms with van der Waals surface area (Å²) in [6, 6.07) is 6.32. The molecule has 0 bridgehead atoms. The topological polar surface area (TPSA) is 53.1 Å². The van der Waals surface area contributed by atoms with E-state index in [0.717, 1.165) is 56.7 Å². The Hall–Kier alpha value is -2.12. The van der Waals surface area contributed by atoms with Crippen molar-refractivity contribution >= 4 is 11.5 Å². The van der Waals surface area contributed by atoms with Crippen LogP contribution in [0, 0.1) is 0 Å². The van der Waals surface area contributed by atoms with Gasteiger partial charge < -0.3 is 15.5 Å². The van der Waals surface area contributed by atoms with Crippen molar-refractivity contribution < 1.29 is 8.78 Å². The molecule has 1 aromatic heterocycles. The second-order valence-corrected chi connectivity index (χ2v) is 8.95. The molecule has 160 valence electrons. The molecule has 3 heterocycles. The van der Waals surface area contributed by atoms with Gasteiger partial charge in [0.15, 0.2) is 0 Å². The summed E-state index contributed by atoms with van der Waals surface area (Å²) < 4.78 is 25.4. The lowest BCUT2D eigenvalue weighted by molar-refractivity contribution is 0.145. The molecule has 1 aromatic carbocycles. The molecule has 5 rings (SSSR count). The van der Waals surface area contributed by atoms with Crippen LogP contribution in [-0.4, -0.2) is 42.6 Å². The summed E-state index contributed by atoms with van der Waals surface area (Å²) >= 11 is 0. The maximum atomic E-state index is 12.7. The smallest absolute Gasteiger partial charge is 0.250 e. The molecule has 30 heavy (non-hydrogen) atoms. The summed E-state index contributed by atoms with van der Waals surface area (Å²) in [6.07, 6.45) is 3.59. The Kier molecular flexibility index (Phi) is 5.19. The predicted octanol–water partition coefficient (Wildman–Crippen LogP) is 3.65. The molecule has 0 saturated carbocycles. The van der Waals surface area contributed by atoms with E-state index in [1.54, 1.807) is 6.33 Å². The maximum Gasteiger partial charge on any atom is 0.250 e. The van der Waals surface area contributed by atoms with Crippen molar-refractivity contribution in [2.75, 3.05) is 31.1 Å². The lowest BCUT2D eigenvalue weighted by Gasteiger charge is -2.36. The molecule has 1 fully saturated rings. The quantitative estimate of drug-likeness (QED) is 0.784. The number of benzene rings is 1. The van der Waals surface area contributed by atoms with Gasteiger partial charge in [0.05, 0.1) is 6.54 Å². The largest absolute Gasteiger partial charge is 0.325 e. The molecule has 1 aliphatic carbocycles. The molecule has 3 aliphatic rings. The lowest BCUT2D eigenvalue weighted by Crippen LogP contribution is -2.43. The summed E-state index contributed by atoms with van der Waals surface area (Å²) in [4.78, 5) is 11.7. The number of piperidine rings is 1. The van der Waals surface area contributed by atoms with Gasteiger partial charge in [-0.1, -0.05) is 19.1 Å². The van der Waals surface area contributed by atoms with Gasteiger partial charge in [0.25, 0.3) is 6.43 Å². The highest BCUT2D eigenvalue weighted by Gasteiger charge is 2.46. The SMILES string of the molecule is CC1CCc2ncnc(N3CC4(CCNCC4)c4c(CNCC(F)F)cccc43)c21. The van der Waals surface area contributed by atoms with E-state index in [1.807, 2.05) is 0 Å². The third-order valence-electron chi connectivity index (χ3n) is 7.09. The van der Waals surface area contributed by atoms with Gasteiger partial charge in [-0.2, -0.15) is 0 Å². The first-order valence-electron chi connectivity index (χ1n) is 11.0. The molecule has 7 heteroatoms. The summed E-state index contributed by atoms with van der Waals surface area (Å²) in [7, 11) is 0. The third kappa shape index (κ3) is 3.28. The monoisotopic (exact) mass is 413 g/mol. The van der Waals surface area contributed by atoms with Crippen molar-refractivity contribution in [3.8, 4) is 0 Å². The number of nitrogens with one attached hydrogen (secondary N) is 2. The van der Waals surface area contributed by atoms with Crippen molar-refractivity contribution in [3.63, 3.8) is 0 Å². The van der Waals surface area contributed by atoms with Gasteiger partial charge in [0.1, 0.15) is 12.1 Å². The number of fused-ring (bicyclic) bond motifs is 3. The standard InChI is InChI=1S/C23H29F2N5/c1-15-5-6-17-20(15)22(29-14-28-17)30-13-23(7-9-26-10-8-23)21-16(3-2-4-18(21)30)11-27-12-19(24)25/h2-4,14-15,19,26-27H,5-13H2,1H3. The van der Waals surface area contributed by atoms with Crippen LogP contribution in [0.4, 0.5) is 20.3 Å². The van der Waals surface area contributed by atoms with Crippen molar-refractivity contribution in [3.05, 3.63) is 46.9 Å². The van der Waals surface area contributed by atoms with Crippen molar-refractivity contribution in [2.24, 2.45) is 0 Å². The van der Waals surface area contributed by atoms with Gasteiger partial charge in [-0.25, -0.2) is 18.7 Å². The number of halogens is 2. The number of nitrogens with zero attached hydrogens (tertiary/aromatic N) is 3. The normalized spacial score (nSPS) is 22.0. The van der Waals surface area contributed by atoms with Crippen LogP contribution in [0.3, 0.4) is 0 Å². The van der Waals surface area contributed by atoms with Gasteiger partial charge in [-0.3, -0.25) is 0 Å². The fraction of sp³-hybridized carbons (Fsp3) is 0.565. The van der Waals surface area contributed by atoms with Crippen LogP contribution < -0.4 is 15.5 Å². The van der Waals surface area contributed by atoms with Gasteiger partial charge >= 0.3 is 0 Å². The van der Waals surface area contributed by atoms with Crippen LogP contribution in [0.1, 0.15) is 54.5 Å². The molecule has 1 saturated heterocycles. The predicted molar refractivity (Wildman–Crippen MR) is 114 cm³/mol. The number of aryl methyl sites for hydroxylation is 1. The van der Waals surface area contributed by atoms with Gasteiger partial charge in [0, 0.05) is 35.4 Å². The zero-order valence-corrected chi connectivity index (χ0v) is 17.4. The Balaban J connectivity index is 1.59. The van der Waals surface area contributed by atoms with E-state index >= 15 is 0 Å². The lowest BCUT2D eigenvalue weighted by atomic mass is 9.73. The van der Waals surface area contributed by atoms with Crippen LogP contribution in [0.25, 0.3) is 0 Å². The molecule has 5 nitrogen and oxygen atoms in total. The Morgan fingerprint density at radius 3 is 2.90 bits per heavy atom. The van der Waals surface area contributed by atoms with Crippen LogP contribution in [0.2, 0.25) is 0 Å². The molecule has 1 unspecified atom stereocenters. The molecule has 0 amide bonds. The maximum absolute atomic E-state index is 12.7. The van der Waals surface area contributed by atoms with Gasteiger partial charge in [-0.05, 0) is 61.9 Å². The summed E-state index contributed by atoms with van der Waals surface area (Å²) in [5.41, 5.74) is 6.14. The number of alkyl halides is 2. The molecule has 2 N–H and O–H groups in total. The van der Waals surface area contributed by atoms with Crippen molar-refractivity contribution in [1.82, 2.24) is 20.6 Å². The average Bonchev–Trinajstić information content (AvgIpc) is 3.28. The Morgan fingerprint density at radius 1 is 1.27 bits per heavy atom. The molecular formula is C23H29F2N5. The van der Waals surface area contributed by atoms with E-state index in [4.69, 9.17) is 4.98 Å². The molecule has 2 aliphatic heterocycles. The minimum atomic E-state index is -2.34. The fourth-order valence-electron chi connectivity index (χ4n) is 5.69. The Morgan fingerprint density at radius 2 is 2.10 bits per heavy atom. The second kappa shape index (κ2) is 7.85. The Bertz CT molecular complexity index is 926. The van der Waals surface area contributed by atoms with E-state index in [1.165, 1.54) is 22.5 Å². The van der Waals surface area contributed by atoms with Crippen molar-refractivity contribution in [1.29, 1.82) is 0 Å². The van der Waals surface area contributed by atoms with E-state index in [2.05, 4.69) is 45.6 Å². The second-order valence-electron chi connectivity index (χ2n) is 8.95. The van der Waals surface area contributed by atoms with Crippen LogP contribution in [0.5, 0.6) is 0 Å². The average molecular weight is 414 g/mol. The summed E-state index contributed by atoms with van der Waals surface area (Å²) in [5, 5.41) is 6.44. The first-order valence-corrected chi connectivity index (χ1v) is 11.0. The van der Waals surface area contributed by atoms with Crippen molar-refractivity contribution in [2.45, 2.75) is 56.9 Å². The fourth-order valence-corrected chi connectivity index (χ4v) is 5.69. The van der Waals surface area contributed by atoms with Gasteiger partial charge in [-0.15, -0.1) is 0 Å². The highest BCUT2D eigenvalue weighted by Crippen LogP contribution is 2.51. The number of hydrogen-bond donors (Lipinski definition) is 2. The molecule has 1 spiro atoms. The molecule has 2 aromatic rings. The molecule has 1 atom stereocenters. The first kappa shape index (κ1) is 19.8. The molecule has 0 radical (unpaired) electrons. The van der Waals surface area contributed by atoms with Gasteiger partial charge in [0.2, 0.25) is 0 Å². The minimum Gasteiger partial charge on any atom is -0.325 e. The summed E-state index contributed by atoms with van der Waals surface area (Å²) in [5.74, 6) is 1.50. The zero-order valence-electron chi connectivity index (χ0n) is 17.4. The third-order valence-corrected chi connectivity index (χ3v) is 7.09. The number of hydrogen-bond acceptors (Lipinski definition) is 5. The molecular weight excluding hydrogens is 384 g/mol. The number of rotatable bonds is 5. The van der Waals surface area contributed by atoms with E-state index in [-0.39, 0.29) is 12.0 Å². The first-order chi connectivity index (χ1) is 14.6. The van der Waals surface area contributed by atoms with Crippen LogP contribution in [0.15, 0.2) is 24.5 Å². The highest BCUT2D eigenvalue weighted by atomic mass is 19.3. The van der Waals surface area contributed by atoms with Crippen LogP contribution >= 0.6 is 0 Å². The van der Waals surface area contributed by atoms with E-state index < -0.39 is 6.43 Å².